The summed E-state index contributed by atoms with van der Waals surface area (Å²) in [6.07, 6.45) is 1.02. The number of benzene rings is 2. The van der Waals surface area contributed by atoms with Crippen molar-refractivity contribution >= 4 is 60.2 Å². The normalized spacial score (nSPS) is 21.4. The lowest BCUT2D eigenvalue weighted by Crippen LogP contribution is -2.44. The van der Waals surface area contributed by atoms with Crippen molar-refractivity contribution in [3.8, 4) is 17.2 Å². The zero-order valence-electron chi connectivity index (χ0n) is 16.7. The van der Waals surface area contributed by atoms with Crippen LogP contribution in [0, 0.1) is 11.7 Å². The van der Waals surface area contributed by atoms with Crippen LogP contribution < -0.4 is 14.2 Å². The highest BCUT2D eigenvalue weighted by Gasteiger charge is 2.32. The summed E-state index contributed by atoms with van der Waals surface area (Å²) < 4.78 is 31.5. The molecule has 0 amide bonds. The Morgan fingerprint density at radius 3 is 2.58 bits per heavy atom. The number of piperidine rings is 1. The summed E-state index contributed by atoms with van der Waals surface area (Å²) in [5, 5.41) is 0.913. The van der Waals surface area contributed by atoms with Gasteiger partial charge in [0.05, 0.1) is 11.1 Å². The van der Waals surface area contributed by atoms with Gasteiger partial charge in [0.25, 0.3) is 0 Å². The molecule has 2 heterocycles. The predicted octanol–water partition coefficient (Wildman–Crippen LogP) is 6.38. The molecule has 2 aromatic rings. The van der Waals surface area contributed by atoms with Crippen LogP contribution in [0.4, 0.5) is 4.39 Å². The van der Waals surface area contributed by atoms with E-state index < -0.39 is 0 Å². The zero-order valence-corrected chi connectivity index (χ0v) is 22.3. The number of likely N-dealkylation sites (tertiary alicyclic amines) is 1. The van der Waals surface area contributed by atoms with Gasteiger partial charge in [-0.15, -0.1) is 12.4 Å². The van der Waals surface area contributed by atoms with E-state index in [0.717, 1.165) is 47.4 Å². The molecule has 170 valence electrons. The lowest BCUT2D eigenvalue weighted by molar-refractivity contribution is 0.112. The Labute approximate surface area is 213 Å². The second-order valence-electron chi connectivity index (χ2n) is 7.66. The van der Waals surface area contributed by atoms with Gasteiger partial charge < -0.3 is 19.1 Å². The maximum atomic E-state index is 13.4. The number of hydrogen-bond acceptors (Lipinski definition) is 4. The molecule has 0 saturated carbocycles. The zero-order chi connectivity index (χ0) is 21.1. The molecule has 1 fully saturated rings. The van der Waals surface area contributed by atoms with Gasteiger partial charge in [-0.2, -0.15) is 0 Å². The Hall–Kier alpha value is -0.540. The molecule has 0 aromatic heterocycles. The number of ether oxygens (including phenoxy) is 3. The fourth-order valence-corrected chi connectivity index (χ4v) is 5.18. The van der Waals surface area contributed by atoms with Crippen LogP contribution in [0.15, 0.2) is 40.9 Å². The van der Waals surface area contributed by atoms with Gasteiger partial charge in [-0.05, 0) is 52.5 Å². The van der Waals surface area contributed by atoms with Gasteiger partial charge in [0, 0.05) is 41.3 Å². The number of halogens is 5. The van der Waals surface area contributed by atoms with E-state index in [-0.39, 0.29) is 30.9 Å². The van der Waals surface area contributed by atoms with Crippen molar-refractivity contribution in [1.82, 2.24) is 4.90 Å². The molecule has 4 nitrogen and oxygen atoms in total. The molecule has 1 unspecified atom stereocenters. The van der Waals surface area contributed by atoms with Gasteiger partial charge >= 0.3 is 0 Å². The minimum Gasteiger partial charge on any atom is -0.492 e. The van der Waals surface area contributed by atoms with Crippen molar-refractivity contribution in [1.29, 1.82) is 0 Å². The highest BCUT2D eigenvalue weighted by atomic mass is 79.9. The molecule has 0 aliphatic carbocycles. The predicted molar refractivity (Wildman–Crippen MR) is 133 cm³/mol. The summed E-state index contributed by atoms with van der Waals surface area (Å²) in [6.45, 7) is 3.72. The fraction of sp³-hybridized carbons (Fsp3) is 0.455. The van der Waals surface area contributed by atoms with Crippen molar-refractivity contribution in [2.45, 2.75) is 17.2 Å². The lowest BCUT2D eigenvalue weighted by Gasteiger charge is -2.39. The second kappa shape index (κ2) is 11.5. The van der Waals surface area contributed by atoms with Crippen molar-refractivity contribution in [3.05, 3.63) is 52.3 Å². The molecule has 2 aliphatic rings. The number of nitrogens with zero attached hydrogens (tertiary/aromatic N) is 1. The molecule has 2 aliphatic heterocycles. The van der Waals surface area contributed by atoms with Crippen LogP contribution in [0.3, 0.4) is 0 Å². The molecular weight excluding hydrogens is 620 g/mol. The van der Waals surface area contributed by atoms with Crippen molar-refractivity contribution < 1.29 is 18.6 Å². The van der Waals surface area contributed by atoms with E-state index in [2.05, 4.69) is 52.7 Å². The Morgan fingerprint density at radius 2 is 1.87 bits per heavy atom. The third-order valence-corrected chi connectivity index (χ3v) is 8.50. The van der Waals surface area contributed by atoms with Crippen LogP contribution in [0.2, 0.25) is 0 Å². The number of rotatable bonds is 7. The lowest BCUT2D eigenvalue weighted by atomic mass is 9.81. The van der Waals surface area contributed by atoms with Gasteiger partial charge in [-0.3, -0.25) is 0 Å². The third kappa shape index (κ3) is 6.28. The molecule has 2 aromatic carbocycles. The molecule has 0 bridgehead atoms. The van der Waals surface area contributed by atoms with Crippen molar-refractivity contribution in [2.75, 3.05) is 38.4 Å². The van der Waals surface area contributed by atoms with E-state index in [1.54, 1.807) is 12.1 Å². The number of fused-ring (bicyclic) bond motifs is 1. The third-order valence-electron chi connectivity index (χ3n) is 5.62. The van der Waals surface area contributed by atoms with Crippen LogP contribution in [0.25, 0.3) is 0 Å². The van der Waals surface area contributed by atoms with Gasteiger partial charge in [-0.25, -0.2) is 4.39 Å². The summed E-state index contributed by atoms with van der Waals surface area (Å²) in [6, 6.07) is 10.7. The Bertz CT molecular complexity index is 874. The van der Waals surface area contributed by atoms with E-state index >= 15 is 0 Å². The standard InChI is InChI=1S/C22H23Br3FNO3.ClH/c23-9-16(24)11-27-6-5-18(14-1-3-17(26)4-2-14)15(10-27)12-28-20-8-22-21(7-19(20)25)29-13-30-22;/h1-4,7-8,15-16,18H,5-6,9-13H2;1H/t15-,16?,18-;/m0./s1. The van der Waals surface area contributed by atoms with Crippen molar-refractivity contribution in [3.63, 3.8) is 0 Å². The van der Waals surface area contributed by atoms with E-state index in [0.29, 0.717) is 23.1 Å². The van der Waals surface area contributed by atoms with E-state index in [9.17, 15) is 4.39 Å². The fourth-order valence-electron chi connectivity index (χ4n) is 4.13. The van der Waals surface area contributed by atoms with Crippen LogP contribution in [-0.4, -0.2) is 48.1 Å². The first-order valence-corrected chi connectivity index (χ1v) is 12.8. The summed E-state index contributed by atoms with van der Waals surface area (Å²) >= 11 is 10.8. The van der Waals surface area contributed by atoms with Crippen LogP contribution in [0.1, 0.15) is 17.9 Å². The SMILES string of the molecule is Cl.Fc1ccc([C@@H]2CCN(CC(Br)CBr)C[C@H]2COc2cc3c(cc2Br)OCO3)cc1. The second-order valence-corrected chi connectivity index (χ2v) is 10.5. The van der Waals surface area contributed by atoms with Crippen molar-refractivity contribution in [2.24, 2.45) is 5.92 Å². The smallest absolute Gasteiger partial charge is 0.231 e. The van der Waals surface area contributed by atoms with Gasteiger partial charge in [0.2, 0.25) is 6.79 Å². The Balaban J connectivity index is 0.00000272. The average Bonchev–Trinajstić information content (AvgIpc) is 3.20. The maximum absolute atomic E-state index is 13.4. The van der Waals surface area contributed by atoms with Gasteiger partial charge in [0.15, 0.2) is 11.5 Å². The van der Waals surface area contributed by atoms with Crippen LogP contribution >= 0.6 is 60.2 Å². The summed E-state index contributed by atoms with van der Waals surface area (Å²) in [5.41, 5.74) is 1.17. The van der Waals surface area contributed by atoms with E-state index in [1.165, 1.54) is 5.56 Å². The first-order valence-electron chi connectivity index (χ1n) is 9.93. The molecule has 0 spiro atoms. The molecule has 3 atom stereocenters. The summed E-state index contributed by atoms with van der Waals surface area (Å²) in [7, 11) is 0. The summed E-state index contributed by atoms with van der Waals surface area (Å²) in [4.78, 5) is 2.88. The summed E-state index contributed by atoms with van der Waals surface area (Å²) in [5.74, 6) is 2.58. The molecule has 1 saturated heterocycles. The maximum Gasteiger partial charge on any atom is 0.231 e. The quantitative estimate of drug-likeness (QED) is 0.328. The molecule has 0 radical (unpaired) electrons. The molecule has 0 N–H and O–H groups in total. The number of hydrogen-bond donors (Lipinski definition) is 0. The molecule has 31 heavy (non-hydrogen) atoms. The molecular formula is C22H24Br3ClFNO3. The molecule has 9 heteroatoms. The average molecular weight is 645 g/mol. The Morgan fingerprint density at radius 1 is 1.16 bits per heavy atom. The highest BCUT2D eigenvalue weighted by molar-refractivity contribution is 9.12. The first-order chi connectivity index (χ1) is 14.5. The largest absolute Gasteiger partial charge is 0.492 e. The van der Waals surface area contributed by atoms with Crippen LogP contribution in [-0.2, 0) is 0 Å². The Kier molecular flexibility index (Phi) is 9.35. The van der Waals surface area contributed by atoms with Gasteiger partial charge in [-0.1, -0.05) is 44.0 Å². The molecule has 4 rings (SSSR count). The van der Waals surface area contributed by atoms with Crippen LogP contribution in [0.5, 0.6) is 17.2 Å². The number of alkyl halides is 2. The highest BCUT2D eigenvalue weighted by Crippen LogP contribution is 2.41. The monoisotopic (exact) mass is 641 g/mol. The van der Waals surface area contributed by atoms with Gasteiger partial charge in [0.1, 0.15) is 11.6 Å². The van der Waals surface area contributed by atoms with E-state index in [4.69, 9.17) is 14.2 Å². The first kappa shape index (κ1) is 25.1. The minimum absolute atomic E-state index is 0. The minimum atomic E-state index is -0.201. The topological polar surface area (TPSA) is 30.9 Å². The van der Waals surface area contributed by atoms with E-state index in [1.807, 2.05) is 24.3 Å².